The van der Waals surface area contributed by atoms with Gasteiger partial charge in [-0.1, -0.05) is 12.1 Å². The summed E-state index contributed by atoms with van der Waals surface area (Å²) in [5.41, 5.74) is 7.42. The first-order valence-electron chi connectivity index (χ1n) is 7.76. The molecule has 0 radical (unpaired) electrons. The molecule has 1 aromatic heterocycles. The molecule has 0 fully saturated rings. The van der Waals surface area contributed by atoms with Gasteiger partial charge in [0, 0.05) is 29.3 Å². The number of nitrogens with one attached hydrogen (secondary N) is 1. The average molecular weight is 337 g/mol. The lowest BCUT2D eigenvalue weighted by Crippen LogP contribution is -2.16. The monoisotopic (exact) mass is 337 g/mol. The molecule has 6 heteroatoms. The van der Waals surface area contributed by atoms with Crippen molar-refractivity contribution in [2.75, 3.05) is 5.32 Å². The number of benzene rings is 2. The summed E-state index contributed by atoms with van der Waals surface area (Å²) in [6.07, 6.45) is 2.15. The number of nitrogens with zero attached hydrogens (tertiary/aromatic N) is 1. The van der Waals surface area contributed by atoms with Gasteiger partial charge in [0.1, 0.15) is 5.82 Å². The number of aromatic nitrogens is 1. The highest BCUT2D eigenvalue weighted by molar-refractivity contribution is 5.95. The molecule has 0 bridgehead atoms. The van der Waals surface area contributed by atoms with Crippen LogP contribution in [0.25, 0.3) is 10.9 Å². The molecule has 0 saturated carbocycles. The van der Waals surface area contributed by atoms with Crippen molar-refractivity contribution in [1.82, 2.24) is 4.98 Å². The van der Waals surface area contributed by atoms with Gasteiger partial charge in [-0.3, -0.25) is 14.6 Å². The fourth-order valence-electron chi connectivity index (χ4n) is 2.62. The largest absolute Gasteiger partial charge is 0.366 e. The topological polar surface area (TPSA) is 85.1 Å². The molecule has 0 unspecified atom stereocenters. The summed E-state index contributed by atoms with van der Waals surface area (Å²) in [5.74, 6) is -1.45. The molecule has 3 rings (SSSR count). The minimum Gasteiger partial charge on any atom is -0.366 e. The molecule has 25 heavy (non-hydrogen) atoms. The Labute approximate surface area is 143 Å². The highest BCUT2D eigenvalue weighted by atomic mass is 19.1. The molecule has 0 spiro atoms. The maximum Gasteiger partial charge on any atom is 0.249 e. The van der Waals surface area contributed by atoms with Crippen molar-refractivity contribution < 1.29 is 14.0 Å². The molecular weight excluding hydrogens is 321 g/mol. The number of carbonyl (C=O) groups is 2. The normalized spacial score (nSPS) is 10.6. The molecule has 3 N–H and O–H groups in total. The van der Waals surface area contributed by atoms with Crippen molar-refractivity contribution in [3.8, 4) is 0 Å². The van der Waals surface area contributed by atoms with E-state index in [-0.39, 0.29) is 17.9 Å². The van der Waals surface area contributed by atoms with Crippen molar-refractivity contribution in [1.29, 1.82) is 0 Å². The summed E-state index contributed by atoms with van der Waals surface area (Å²) in [6, 6.07) is 13.0. The third kappa shape index (κ3) is 3.98. The molecule has 2 aromatic carbocycles. The highest BCUT2D eigenvalue weighted by Crippen LogP contribution is 2.18. The van der Waals surface area contributed by atoms with Crippen molar-refractivity contribution in [2.45, 2.75) is 12.8 Å². The van der Waals surface area contributed by atoms with Gasteiger partial charge in [0.25, 0.3) is 0 Å². The second-order valence-corrected chi connectivity index (χ2v) is 5.62. The molecule has 5 nitrogen and oxygen atoms in total. The zero-order chi connectivity index (χ0) is 17.8. The third-order valence-corrected chi connectivity index (χ3v) is 3.85. The number of hydrogen-bond acceptors (Lipinski definition) is 3. The molecule has 0 atom stereocenters. The number of rotatable bonds is 5. The quantitative estimate of drug-likeness (QED) is 0.750. The van der Waals surface area contributed by atoms with Gasteiger partial charge >= 0.3 is 0 Å². The predicted molar refractivity (Wildman–Crippen MR) is 93.6 cm³/mol. The van der Waals surface area contributed by atoms with Gasteiger partial charge < -0.3 is 11.1 Å². The van der Waals surface area contributed by atoms with E-state index in [0.29, 0.717) is 17.7 Å². The molecule has 2 amide bonds. The number of aryl methyl sites for hydroxylation is 1. The molecular formula is C19H16FN3O2. The van der Waals surface area contributed by atoms with Crippen LogP contribution >= 0.6 is 0 Å². The predicted octanol–water partition coefficient (Wildman–Crippen LogP) is 3.04. The molecule has 1 heterocycles. The number of anilines is 1. The summed E-state index contributed by atoms with van der Waals surface area (Å²) in [7, 11) is 0. The number of amides is 2. The van der Waals surface area contributed by atoms with E-state index in [0.717, 1.165) is 17.0 Å². The Morgan fingerprint density at radius 2 is 1.96 bits per heavy atom. The molecule has 0 aliphatic carbocycles. The Kier molecular flexibility index (Phi) is 4.70. The lowest BCUT2D eigenvalue weighted by Gasteiger charge is -2.08. The average Bonchev–Trinajstić information content (AvgIpc) is 2.60. The summed E-state index contributed by atoms with van der Waals surface area (Å²) in [6.45, 7) is 0. The SMILES string of the molecule is NC(=O)c1cc(F)ccc1CCC(=O)Nc1ccc2ncccc2c1. The van der Waals surface area contributed by atoms with Crippen LogP contribution in [0.15, 0.2) is 54.7 Å². The van der Waals surface area contributed by atoms with Gasteiger partial charge in [0.05, 0.1) is 5.52 Å². The minimum atomic E-state index is -0.711. The third-order valence-electron chi connectivity index (χ3n) is 3.85. The lowest BCUT2D eigenvalue weighted by atomic mass is 10.0. The number of halogens is 1. The minimum absolute atomic E-state index is 0.101. The van der Waals surface area contributed by atoms with E-state index >= 15 is 0 Å². The van der Waals surface area contributed by atoms with Crippen LogP contribution in [-0.4, -0.2) is 16.8 Å². The van der Waals surface area contributed by atoms with E-state index in [4.69, 9.17) is 5.73 Å². The first kappa shape index (κ1) is 16.6. The van der Waals surface area contributed by atoms with E-state index < -0.39 is 11.7 Å². The van der Waals surface area contributed by atoms with E-state index in [1.165, 1.54) is 12.1 Å². The summed E-state index contributed by atoms with van der Waals surface area (Å²) in [4.78, 5) is 27.8. The van der Waals surface area contributed by atoms with Crippen LogP contribution < -0.4 is 11.1 Å². The Morgan fingerprint density at radius 3 is 2.76 bits per heavy atom. The Balaban J connectivity index is 1.67. The number of hydrogen-bond donors (Lipinski definition) is 2. The van der Waals surface area contributed by atoms with Gasteiger partial charge in [0.15, 0.2) is 0 Å². The zero-order valence-corrected chi connectivity index (χ0v) is 13.3. The van der Waals surface area contributed by atoms with Crippen molar-refractivity contribution in [2.24, 2.45) is 5.73 Å². The van der Waals surface area contributed by atoms with Gasteiger partial charge in [-0.15, -0.1) is 0 Å². The first-order chi connectivity index (χ1) is 12.0. The molecule has 0 saturated heterocycles. The lowest BCUT2D eigenvalue weighted by molar-refractivity contribution is -0.116. The van der Waals surface area contributed by atoms with E-state index in [2.05, 4.69) is 10.3 Å². The number of nitrogens with two attached hydrogens (primary N) is 1. The van der Waals surface area contributed by atoms with Gasteiger partial charge in [0.2, 0.25) is 11.8 Å². The molecule has 0 aliphatic heterocycles. The van der Waals surface area contributed by atoms with Crippen molar-refractivity contribution in [3.63, 3.8) is 0 Å². The van der Waals surface area contributed by atoms with Crippen LogP contribution in [0.4, 0.5) is 10.1 Å². The van der Waals surface area contributed by atoms with Gasteiger partial charge in [-0.05, 0) is 48.4 Å². The maximum atomic E-state index is 13.2. The molecule has 126 valence electrons. The Hall–Kier alpha value is -3.28. The highest BCUT2D eigenvalue weighted by Gasteiger charge is 2.11. The number of fused-ring (bicyclic) bond motifs is 1. The van der Waals surface area contributed by atoms with Crippen LogP contribution in [0.5, 0.6) is 0 Å². The van der Waals surface area contributed by atoms with Crippen molar-refractivity contribution in [3.05, 3.63) is 71.7 Å². The van der Waals surface area contributed by atoms with E-state index in [1.807, 2.05) is 24.3 Å². The zero-order valence-electron chi connectivity index (χ0n) is 13.3. The smallest absolute Gasteiger partial charge is 0.249 e. The van der Waals surface area contributed by atoms with Gasteiger partial charge in [-0.2, -0.15) is 0 Å². The summed E-state index contributed by atoms with van der Waals surface area (Å²) >= 11 is 0. The summed E-state index contributed by atoms with van der Waals surface area (Å²) in [5, 5.41) is 3.73. The molecule has 3 aromatic rings. The Morgan fingerprint density at radius 1 is 1.12 bits per heavy atom. The Bertz CT molecular complexity index is 956. The summed E-state index contributed by atoms with van der Waals surface area (Å²) < 4.78 is 13.2. The van der Waals surface area contributed by atoms with E-state index in [9.17, 15) is 14.0 Å². The van der Waals surface area contributed by atoms with Crippen LogP contribution in [0.2, 0.25) is 0 Å². The van der Waals surface area contributed by atoms with E-state index in [1.54, 1.807) is 12.3 Å². The van der Waals surface area contributed by atoms with Crippen LogP contribution in [0, 0.1) is 5.82 Å². The first-order valence-corrected chi connectivity index (χ1v) is 7.76. The fraction of sp³-hybridized carbons (Fsp3) is 0.105. The van der Waals surface area contributed by atoms with Crippen LogP contribution in [-0.2, 0) is 11.2 Å². The molecule has 0 aliphatic rings. The van der Waals surface area contributed by atoms with Crippen LogP contribution in [0.1, 0.15) is 22.3 Å². The second-order valence-electron chi connectivity index (χ2n) is 5.62. The standard InChI is InChI=1S/C19H16FN3O2/c20-14-5-3-12(16(11-14)19(21)25)4-8-18(24)23-15-6-7-17-13(10-15)2-1-9-22-17/h1-3,5-7,9-11H,4,8H2,(H2,21,25)(H,23,24). The number of carbonyl (C=O) groups excluding carboxylic acids is 2. The maximum absolute atomic E-state index is 13.2. The van der Waals surface area contributed by atoms with Crippen molar-refractivity contribution >= 4 is 28.4 Å². The van der Waals surface area contributed by atoms with Crippen LogP contribution in [0.3, 0.4) is 0 Å². The number of pyridine rings is 1. The number of primary amides is 1. The fourth-order valence-corrected chi connectivity index (χ4v) is 2.62. The second kappa shape index (κ2) is 7.09. The van der Waals surface area contributed by atoms with Gasteiger partial charge in [-0.25, -0.2) is 4.39 Å².